The Bertz CT molecular complexity index is 1930. The van der Waals surface area contributed by atoms with Gasteiger partial charge in [-0.2, -0.15) is 0 Å². The summed E-state index contributed by atoms with van der Waals surface area (Å²) in [5.74, 6) is 0.0911. The number of unbranched alkanes of at least 4 members (excludes halogenated alkanes) is 36. The van der Waals surface area contributed by atoms with Crippen LogP contribution in [0.5, 0.6) is 0 Å². The fraction of sp³-hybridized carbons (Fsp3) is 0.893. The van der Waals surface area contributed by atoms with Gasteiger partial charge in [-0.25, -0.2) is 9.13 Å². The van der Waals surface area contributed by atoms with E-state index in [4.69, 9.17) is 37.0 Å². The lowest BCUT2D eigenvalue weighted by molar-refractivity contribution is -0.161. The van der Waals surface area contributed by atoms with E-state index in [1.165, 1.54) is 141 Å². The molecule has 0 amide bonds. The molecule has 0 fully saturated rings. The average molecular weight is 1380 g/mol. The van der Waals surface area contributed by atoms with E-state index in [0.717, 1.165) is 127 Å². The molecule has 0 aromatic rings. The molecule has 0 aliphatic rings. The molecule has 5 atom stereocenters. The Morgan fingerprint density at radius 2 is 0.574 bits per heavy atom. The van der Waals surface area contributed by atoms with Crippen molar-refractivity contribution in [3.63, 3.8) is 0 Å². The third kappa shape index (κ3) is 68.1. The molecule has 0 aliphatic heterocycles. The molecule has 3 unspecified atom stereocenters. The van der Waals surface area contributed by atoms with E-state index in [9.17, 15) is 43.2 Å². The molecule has 19 heteroatoms. The number of carbonyl (C=O) groups excluding carboxylic acids is 4. The van der Waals surface area contributed by atoms with Gasteiger partial charge in [0, 0.05) is 25.7 Å². The van der Waals surface area contributed by atoms with Crippen molar-refractivity contribution in [1.82, 2.24) is 0 Å². The molecule has 0 aliphatic carbocycles. The van der Waals surface area contributed by atoms with Crippen LogP contribution in [0, 0.1) is 17.8 Å². The van der Waals surface area contributed by atoms with Crippen molar-refractivity contribution in [2.24, 2.45) is 17.8 Å². The number of hydrogen-bond acceptors (Lipinski definition) is 15. The summed E-state index contributed by atoms with van der Waals surface area (Å²) >= 11 is 0. The second kappa shape index (κ2) is 65.2. The molecule has 0 spiro atoms. The molecular weight excluding hydrogens is 1230 g/mol. The number of ether oxygens (including phenoxy) is 4. The molecule has 0 radical (unpaired) electrons. The molecule has 0 saturated heterocycles. The van der Waals surface area contributed by atoms with Crippen molar-refractivity contribution < 1.29 is 80.2 Å². The van der Waals surface area contributed by atoms with E-state index in [0.29, 0.717) is 31.6 Å². The Kier molecular flexibility index (Phi) is 63.5. The Labute approximate surface area is 573 Å². The molecular formula is C75H142O17P2. The van der Waals surface area contributed by atoms with Gasteiger partial charge < -0.3 is 33.8 Å². The van der Waals surface area contributed by atoms with E-state index in [1.807, 2.05) is 0 Å². The minimum Gasteiger partial charge on any atom is -0.462 e. The van der Waals surface area contributed by atoms with Crippen LogP contribution >= 0.6 is 15.6 Å². The van der Waals surface area contributed by atoms with Gasteiger partial charge in [-0.15, -0.1) is 0 Å². The molecule has 0 aromatic carbocycles. The molecule has 0 heterocycles. The van der Waals surface area contributed by atoms with Crippen LogP contribution in [0.4, 0.5) is 0 Å². The second-order valence-corrected chi connectivity index (χ2v) is 30.7. The third-order valence-corrected chi connectivity index (χ3v) is 18.7. The first-order chi connectivity index (χ1) is 45.2. The van der Waals surface area contributed by atoms with Crippen molar-refractivity contribution in [2.45, 2.75) is 375 Å². The lowest BCUT2D eigenvalue weighted by Gasteiger charge is -2.21. The van der Waals surface area contributed by atoms with Crippen LogP contribution in [0.1, 0.15) is 357 Å². The third-order valence-electron chi connectivity index (χ3n) is 16.8. The van der Waals surface area contributed by atoms with Crippen LogP contribution < -0.4 is 0 Å². The summed E-state index contributed by atoms with van der Waals surface area (Å²) in [7, 11) is -9.92. The number of rotatable bonds is 71. The van der Waals surface area contributed by atoms with Crippen molar-refractivity contribution in [2.75, 3.05) is 39.6 Å². The largest absolute Gasteiger partial charge is 0.472 e. The maximum Gasteiger partial charge on any atom is 0.472 e. The summed E-state index contributed by atoms with van der Waals surface area (Å²) in [6.07, 6.45) is 53.6. The van der Waals surface area contributed by atoms with Gasteiger partial charge in [-0.3, -0.25) is 37.3 Å². The highest BCUT2D eigenvalue weighted by atomic mass is 31.2. The molecule has 3 N–H and O–H groups in total. The maximum absolute atomic E-state index is 13.1. The first kappa shape index (κ1) is 91.5. The van der Waals surface area contributed by atoms with Crippen molar-refractivity contribution in [3.8, 4) is 0 Å². The smallest absolute Gasteiger partial charge is 0.462 e. The topological polar surface area (TPSA) is 237 Å². The predicted octanol–water partition coefficient (Wildman–Crippen LogP) is 21.3. The first-order valence-corrected chi connectivity index (χ1v) is 41.2. The van der Waals surface area contributed by atoms with Crippen molar-refractivity contribution >= 4 is 39.5 Å². The van der Waals surface area contributed by atoms with E-state index in [2.05, 4.69) is 72.8 Å². The number of allylic oxidation sites excluding steroid dienone is 4. The fourth-order valence-corrected chi connectivity index (χ4v) is 12.5. The highest BCUT2D eigenvalue weighted by Crippen LogP contribution is 2.45. The normalized spacial score (nSPS) is 14.3. The zero-order valence-electron chi connectivity index (χ0n) is 60.9. The Hall–Kier alpha value is -2.46. The van der Waals surface area contributed by atoms with Crippen LogP contribution in [0.3, 0.4) is 0 Å². The molecule has 0 aromatic heterocycles. The lowest BCUT2D eigenvalue weighted by Crippen LogP contribution is -2.30. The molecule has 0 rings (SSSR count). The molecule has 0 bridgehead atoms. The van der Waals surface area contributed by atoms with Gasteiger partial charge >= 0.3 is 39.5 Å². The Morgan fingerprint density at radius 3 is 0.862 bits per heavy atom. The molecule has 94 heavy (non-hydrogen) atoms. The fourth-order valence-electron chi connectivity index (χ4n) is 10.9. The quantitative estimate of drug-likeness (QED) is 0.0169. The van der Waals surface area contributed by atoms with E-state index in [1.54, 1.807) is 0 Å². The molecule has 0 saturated carbocycles. The summed E-state index contributed by atoms with van der Waals surface area (Å²) < 4.78 is 68.4. The summed E-state index contributed by atoms with van der Waals surface area (Å²) in [5.41, 5.74) is 0. The van der Waals surface area contributed by atoms with Crippen molar-refractivity contribution in [1.29, 1.82) is 0 Å². The predicted molar refractivity (Wildman–Crippen MR) is 381 cm³/mol. The van der Waals surface area contributed by atoms with Gasteiger partial charge in [-0.1, -0.05) is 304 Å². The number of hydrogen-bond donors (Lipinski definition) is 3. The summed E-state index contributed by atoms with van der Waals surface area (Å²) in [4.78, 5) is 72.7. The van der Waals surface area contributed by atoms with E-state index in [-0.39, 0.29) is 25.7 Å². The number of phosphoric ester groups is 2. The van der Waals surface area contributed by atoms with Crippen LogP contribution in [0.25, 0.3) is 0 Å². The summed E-state index contributed by atoms with van der Waals surface area (Å²) in [6, 6.07) is 0. The van der Waals surface area contributed by atoms with Gasteiger partial charge in [0.15, 0.2) is 12.2 Å². The van der Waals surface area contributed by atoms with Gasteiger partial charge in [-0.05, 0) is 69.1 Å². The highest BCUT2D eigenvalue weighted by molar-refractivity contribution is 7.47. The average Bonchev–Trinajstić information content (AvgIpc) is 1.41. The van der Waals surface area contributed by atoms with Gasteiger partial charge in [0.1, 0.15) is 19.3 Å². The standard InChI is InChI=1S/C75H142O17P2/c1-8-9-10-11-12-13-14-15-16-17-23-28-35-42-49-56-72(77)85-62-70(91-74(79)58-51-44-36-29-24-19-18-21-26-32-39-46-53-66(2)3)64-89-93(81,82)87-60-69(76)61-88-94(83,84)90-65-71(63-86-73(78)57-50-43-38-31-34-41-48-55-68(6)7)92-75(80)59-52-45-37-30-25-20-22-27-33-40-47-54-67(4)5/h13-16,66-71,76H,8-12,17-65H2,1-7H3,(H,81,82)(H,83,84)/b14-13-,16-15-/t69?,70-,71-/m1/s1. The van der Waals surface area contributed by atoms with E-state index < -0.39 is 97.5 Å². The Morgan fingerprint density at radius 1 is 0.330 bits per heavy atom. The van der Waals surface area contributed by atoms with E-state index >= 15 is 0 Å². The second-order valence-electron chi connectivity index (χ2n) is 27.8. The van der Waals surface area contributed by atoms with Crippen LogP contribution in [0.15, 0.2) is 24.3 Å². The first-order valence-electron chi connectivity index (χ1n) is 38.2. The van der Waals surface area contributed by atoms with Gasteiger partial charge in [0.25, 0.3) is 0 Å². The van der Waals surface area contributed by atoms with Crippen LogP contribution in [0.2, 0.25) is 0 Å². The lowest BCUT2D eigenvalue weighted by atomic mass is 10.0. The monoisotopic (exact) mass is 1380 g/mol. The van der Waals surface area contributed by atoms with Gasteiger partial charge in [0.05, 0.1) is 26.4 Å². The summed E-state index contributed by atoms with van der Waals surface area (Å²) in [5, 5.41) is 10.6. The zero-order valence-corrected chi connectivity index (χ0v) is 62.7. The number of phosphoric acid groups is 2. The molecule has 17 nitrogen and oxygen atoms in total. The van der Waals surface area contributed by atoms with Crippen LogP contribution in [-0.4, -0.2) is 96.7 Å². The maximum atomic E-state index is 13.1. The SMILES string of the molecule is CCCCCC/C=C\C=C/CCCCCCCC(=O)OC[C@H](COP(=O)(O)OCC(O)COP(=O)(O)OC[C@@H](COC(=O)CCCCCCCCCC(C)C)OC(=O)CCCCCCCCCCCCCC(C)C)OC(=O)CCCCCCCCCCCCCCC(C)C. The highest BCUT2D eigenvalue weighted by Gasteiger charge is 2.30. The zero-order chi connectivity index (χ0) is 69.4. The minimum absolute atomic E-state index is 0.0996. The number of carbonyl (C=O) groups is 4. The molecule has 554 valence electrons. The number of aliphatic hydroxyl groups is 1. The minimum atomic E-state index is -4.96. The summed E-state index contributed by atoms with van der Waals surface area (Å²) in [6.45, 7) is 11.8. The number of aliphatic hydroxyl groups excluding tert-OH is 1. The Balaban J connectivity index is 5.29. The number of esters is 4. The van der Waals surface area contributed by atoms with Crippen LogP contribution in [-0.2, 0) is 65.4 Å². The van der Waals surface area contributed by atoms with Crippen molar-refractivity contribution in [3.05, 3.63) is 24.3 Å². The van der Waals surface area contributed by atoms with Gasteiger partial charge in [0.2, 0.25) is 0 Å².